The maximum absolute atomic E-state index is 12.6. The van der Waals surface area contributed by atoms with Crippen molar-refractivity contribution in [1.82, 2.24) is 10.2 Å². The molecule has 1 saturated heterocycles. The molecule has 2 aliphatic heterocycles. The zero-order valence-electron chi connectivity index (χ0n) is 25.1. The molecule has 3 amide bonds. The number of benzene rings is 1. The molecule has 15 heteroatoms. The molecule has 0 saturated carbocycles. The summed E-state index contributed by atoms with van der Waals surface area (Å²) in [6, 6.07) is 6.52. The lowest BCUT2D eigenvalue weighted by Crippen LogP contribution is -2.63. The topological polar surface area (TPSA) is 182 Å². The zero-order chi connectivity index (χ0) is 32.2. The molecular weight excluding hydrogens is 584 g/mol. The molecule has 1 fully saturated rings. The minimum atomic E-state index is -1.41. The van der Waals surface area contributed by atoms with Gasteiger partial charge in [0.1, 0.15) is 12.7 Å². The molecule has 0 bridgehead atoms. The van der Waals surface area contributed by atoms with Crippen LogP contribution < -0.4 is 5.32 Å². The van der Waals surface area contributed by atoms with E-state index in [9.17, 15) is 28.8 Å². The summed E-state index contributed by atoms with van der Waals surface area (Å²) in [5, 5.41) is 2.58. The van der Waals surface area contributed by atoms with E-state index in [1.165, 1.54) is 6.92 Å². The average Bonchev–Trinajstić information content (AvgIpc) is 3.21. The summed E-state index contributed by atoms with van der Waals surface area (Å²) in [7, 11) is 0. The molecular formula is C29H38N2O13. The number of hydrogen-bond donors (Lipinski definition) is 1. The zero-order valence-corrected chi connectivity index (χ0v) is 25.1. The first-order valence-electron chi connectivity index (χ1n) is 14.3. The summed E-state index contributed by atoms with van der Waals surface area (Å²) < 4.78 is 38.7. The first-order chi connectivity index (χ1) is 21.0. The number of nitrogens with zero attached hydrogens (tertiary/aromatic N) is 1. The second-order valence-electron chi connectivity index (χ2n) is 9.93. The van der Waals surface area contributed by atoms with Gasteiger partial charge in [0.05, 0.1) is 37.5 Å². The maximum Gasteiger partial charge on any atom is 0.407 e. The average molecular weight is 623 g/mol. The predicted octanol–water partition coefficient (Wildman–Crippen LogP) is 1.36. The minimum absolute atomic E-state index is 0.0129. The molecule has 0 aromatic heterocycles. The van der Waals surface area contributed by atoms with Gasteiger partial charge in [0.25, 0.3) is 11.8 Å². The molecule has 0 radical (unpaired) electrons. The number of carbonyl (C=O) groups is 6. The van der Waals surface area contributed by atoms with E-state index in [2.05, 4.69) is 5.32 Å². The lowest BCUT2D eigenvalue weighted by molar-refractivity contribution is -0.305. The van der Waals surface area contributed by atoms with Crippen molar-refractivity contribution in [1.29, 1.82) is 0 Å². The quantitative estimate of drug-likeness (QED) is 0.128. The number of nitrogens with one attached hydrogen (secondary N) is 1. The second-order valence-corrected chi connectivity index (χ2v) is 9.93. The van der Waals surface area contributed by atoms with Crippen molar-refractivity contribution in [3.63, 3.8) is 0 Å². The Morgan fingerprint density at radius 2 is 1.48 bits per heavy atom. The molecule has 15 nitrogen and oxygen atoms in total. The largest absolute Gasteiger partial charge is 0.463 e. The highest BCUT2D eigenvalue weighted by atomic mass is 16.7. The van der Waals surface area contributed by atoms with Gasteiger partial charge in [-0.15, -0.1) is 0 Å². The molecule has 2 aliphatic rings. The Morgan fingerprint density at radius 3 is 2.07 bits per heavy atom. The summed E-state index contributed by atoms with van der Waals surface area (Å²) in [5.74, 6) is -2.97. The van der Waals surface area contributed by atoms with Crippen LogP contribution in [0.2, 0.25) is 0 Å². The van der Waals surface area contributed by atoms with E-state index in [1.54, 1.807) is 24.3 Å². The predicted molar refractivity (Wildman–Crippen MR) is 148 cm³/mol. The van der Waals surface area contributed by atoms with Crippen molar-refractivity contribution in [2.75, 3.05) is 39.5 Å². The van der Waals surface area contributed by atoms with E-state index >= 15 is 0 Å². The van der Waals surface area contributed by atoms with E-state index < -0.39 is 73.1 Å². The fourth-order valence-electron chi connectivity index (χ4n) is 4.59. The molecule has 0 aliphatic carbocycles. The van der Waals surface area contributed by atoms with Crippen LogP contribution in [0.15, 0.2) is 24.3 Å². The molecule has 242 valence electrons. The number of fused-ring (bicyclic) bond motifs is 1. The van der Waals surface area contributed by atoms with Crippen LogP contribution in [0, 0.1) is 0 Å². The number of alkyl carbamates (subject to hydrolysis) is 1. The van der Waals surface area contributed by atoms with Crippen molar-refractivity contribution in [2.45, 2.75) is 71.2 Å². The van der Waals surface area contributed by atoms with Crippen molar-refractivity contribution in [3.8, 4) is 0 Å². The summed E-state index contributed by atoms with van der Waals surface area (Å²) in [5.41, 5.74) is 0.663. The Balaban J connectivity index is 1.67. The number of unbranched alkanes of at least 4 members (excludes halogenated alkanes) is 1. The number of carbonyl (C=O) groups excluding carboxylic acids is 6. The maximum atomic E-state index is 12.6. The molecule has 0 spiro atoms. The Labute approximate surface area is 254 Å². The van der Waals surface area contributed by atoms with Crippen LogP contribution >= 0.6 is 0 Å². The molecule has 1 aromatic carbocycles. The Morgan fingerprint density at radius 1 is 0.841 bits per heavy atom. The van der Waals surface area contributed by atoms with Crippen LogP contribution in [0.25, 0.3) is 0 Å². The van der Waals surface area contributed by atoms with Gasteiger partial charge in [-0.05, 0) is 18.6 Å². The smallest absolute Gasteiger partial charge is 0.407 e. The third-order valence-corrected chi connectivity index (χ3v) is 6.54. The van der Waals surface area contributed by atoms with Crippen molar-refractivity contribution in [2.24, 2.45) is 0 Å². The van der Waals surface area contributed by atoms with Gasteiger partial charge in [-0.3, -0.25) is 28.9 Å². The molecule has 3 rings (SSSR count). The van der Waals surface area contributed by atoms with E-state index in [1.807, 2.05) is 6.92 Å². The SMILES string of the molecule is CCCCNC(=O)O[C@@H]1[C@@H](OCCOCCN2C(=O)c3ccccc3C2=O)O[C@H](COC(C)=O)[C@@H](OC(C)=O)[C@@H]1OC(C)=O. The third kappa shape index (κ3) is 9.46. The van der Waals surface area contributed by atoms with Crippen LogP contribution in [0.5, 0.6) is 0 Å². The summed E-state index contributed by atoms with van der Waals surface area (Å²) in [4.78, 5) is 74.3. The lowest BCUT2D eigenvalue weighted by Gasteiger charge is -2.44. The van der Waals surface area contributed by atoms with Crippen molar-refractivity contribution in [3.05, 3.63) is 35.4 Å². The second kappa shape index (κ2) is 16.7. The fraction of sp³-hybridized carbons (Fsp3) is 0.586. The van der Waals surface area contributed by atoms with E-state index in [4.69, 9.17) is 33.2 Å². The number of hydrogen-bond acceptors (Lipinski definition) is 13. The highest BCUT2D eigenvalue weighted by Crippen LogP contribution is 2.30. The van der Waals surface area contributed by atoms with Gasteiger partial charge in [-0.1, -0.05) is 25.5 Å². The fourth-order valence-corrected chi connectivity index (χ4v) is 4.59. The van der Waals surface area contributed by atoms with E-state index in [0.29, 0.717) is 24.1 Å². The van der Waals surface area contributed by atoms with Crippen LogP contribution in [-0.2, 0) is 47.5 Å². The first-order valence-corrected chi connectivity index (χ1v) is 14.3. The molecule has 0 unspecified atom stereocenters. The summed E-state index contributed by atoms with van der Waals surface area (Å²) >= 11 is 0. The van der Waals surface area contributed by atoms with Gasteiger partial charge in [0.15, 0.2) is 24.6 Å². The standard InChI is InChI=1S/C29H38N2O13/c1-5-6-11-30-29(37)44-25-24(42-19(4)34)23(41-18(3)33)22(16-40-17(2)32)43-28(25)39-15-14-38-13-12-31-26(35)20-9-7-8-10-21(20)27(31)36/h7-10,22-25,28H,5-6,11-16H2,1-4H3,(H,30,37)/t22-,23-,24+,25+,28+/m1/s1. The normalized spacial score (nSPS) is 22.6. The molecule has 1 aromatic rings. The van der Waals surface area contributed by atoms with Gasteiger partial charge < -0.3 is 38.5 Å². The van der Waals surface area contributed by atoms with Crippen molar-refractivity contribution < 1.29 is 61.9 Å². The first kappa shape index (κ1) is 34.4. The Hall–Kier alpha value is -4.08. The third-order valence-electron chi connectivity index (χ3n) is 6.54. The van der Waals surface area contributed by atoms with Gasteiger partial charge in [0.2, 0.25) is 0 Å². The molecule has 1 N–H and O–H groups in total. The molecule has 5 atom stereocenters. The van der Waals surface area contributed by atoms with Crippen LogP contribution in [0.3, 0.4) is 0 Å². The molecule has 44 heavy (non-hydrogen) atoms. The van der Waals surface area contributed by atoms with Gasteiger partial charge in [0, 0.05) is 27.3 Å². The van der Waals surface area contributed by atoms with Gasteiger partial charge >= 0.3 is 24.0 Å². The summed E-state index contributed by atoms with van der Waals surface area (Å²) in [6.45, 7) is 5.16. The van der Waals surface area contributed by atoms with Crippen molar-refractivity contribution >= 4 is 35.8 Å². The molecule has 2 heterocycles. The monoisotopic (exact) mass is 622 g/mol. The summed E-state index contributed by atoms with van der Waals surface area (Å²) in [6.07, 6.45) is -6.00. The van der Waals surface area contributed by atoms with Crippen LogP contribution in [-0.4, -0.2) is 111 Å². The van der Waals surface area contributed by atoms with E-state index in [-0.39, 0.29) is 26.4 Å². The minimum Gasteiger partial charge on any atom is -0.463 e. The number of imide groups is 1. The highest BCUT2D eigenvalue weighted by Gasteiger charge is 2.53. The van der Waals surface area contributed by atoms with Gasteiger partial charge in [-0.25, -0.2) is 4.79 Å². The number of ether oxygens (including phenoxy) is 7. The van der Waals surface area contributed by atoms with Crippen LogP contribution in [0.1, 0.15) is 61.3 Å². The van der Waals surface area contributed by atoms with Gasteiger partial charge in [-0.2, -0.15) is 0 Å². The van der Waals surface area contributed by atoms with Crippen LogP contribution in [0.4, 0.5) is 4.79 Å². The Kier molecular flexibility index (Phi) is 13.0. The lowest BCUT2D eigenvalue weighted by atomic mass is 9.98. The number of amides is 3. The number of rotatable bonds is 15. The number of esters is 3. The van der Waals surface area contributed by atoms with E-state index in [0.717, 1.165) is 25.2 Å². The Bertz CT molecular complexity index is 1170. The highest BCUT2D eigenvalue weighted by molar-refractivity contribution is 6.21.